The Morgan fingerprint density at radius 1 is 0.460 bits per heavy atom. The van der Waals surface area contributed by atoms with Crippen LogP contribution in [0.1, 0.15) is 24.5 Å². The molecule has 50 heavy (non-hydrogen) atoms. The third kappa shape index (κ3) is 5.45. The molecule has 0 aliphatic rings. The first kappa shape index (κ1) is 31.9. The van der Waals surface area contributed by atoms with Gasteiger partial charge in [0.15, 0.2) is 0 Å². The summed E-state index contributed by atoms with van der Waals surface area (Å²) >= 11 is 0. The number of fused-ring (bicyclic) bond motifs is 4. The average molecular weight is 661 g/mol. The maximum Gasteiger partial charge on any atom is 0.00853 e. The fourth-order valence-electron chi connectivity index (χ4n) is 7.98. The summed E-state index contributed by atoms with van der Waals surface area (Å²) < 4.78 is 0. The molecule has 0 aliphatic carbocycles. The summed E-state index contributed by atoms with van der Waals surface area (Å²) in [5.74, 6) is 0. The molecule has 8 aromatic carbocycles. The SMILES string of the molecule is C=CCC(/C=C\C)P(c1ccc(-c2ccc(C)c3ccccc23)c2ccccc12)c1ccc(-c2ccc(C)c3ccccc23)c2ccccc12. The van der Waals surface area contributed by atoms with E-state index in [1.54, 1.807) is 0 Å². The zero-order chi connectivity index (χ0) is 34.2. The quantitative estimate of drug-likeness (QED) is 0.112. The molecule has 0 radical (unpaired) electrons. The lowest BCUT2D eigenvalue weighted by Crippen LogP contribution is -2.22. The van der Waals surface area contributed by atoms with Gasteiger partial charge in [0.1, 0.15) is 0 Å². The van der Waals surface area contributed by atoms with Crippen molar-refractivity contribution in [2.45, 2.75) is 32.9 Å². The maximum absolute atomic E-state index is 4.23. The van der Waals surface area contributed by atoms with E-state index in [0.29, 0.717) is 5.66 Å². The number of allylic oxidation sites excluding steroid dienone is 3. The van der Waals surface area contributed by atoms with E-state index >= 15 is 0 Å². The smallest absolute Gasteiger partial charge is 0.00853 e. The summed E-state index contributed by atoms with van der Waals surface area (Å²) in [5, 5.41) is 13.3. The van der Waals surface area contributed by atoms with Gasteiger partial charge in [-0.2, -0.15) is 0 Å². The van der Waals surface area contributed by atoms with Gasteiger partial charge in [-0.05, 0) is 122 Å². The Kier molecular flexibility index (Phi) is 8.66. The normalized spacial score (nSPS) is 12.5. The van der Waals surface area contributed by atoms with Gasteiger partial charge < -0.3 is 0 Å². The molecule has 0 heterocycles. The van der Waals surface area contributed by atoms with Crippen molar-refractivity contribution in [1.82, 2.24) is 0 Å². The highest BCUT2D eigenvalue weighted by Crippen LogP contribution is 2.48. The summed E-state index contributed by atoms with van der Waals surface area (Å²) in [4.78, 5) is 0. The summed E-state index contributed by atoms with van der Waals surface area (Å²) in [6, 6.07) is 54.6. The molecule has 1 atom stereocenters. The Morgan fingerprint density at radius 2 is 0.800 bits per heavy atom. The molecule has 0 saturated carbocycles. The molecule has 1 heteroatoms. The van der Waals surface area contributed by atoms with Gasteiger partial charge in [-0.15, -0.1) is 6.58 Å². The molecule has 0 bridgehead atoms. The Bertz CT molecular complexity index is 2420. The van der Waals surface area contributed by atoms with Crippen LogP contribution in [-0.2, 0) is 0 Å². The molecule has 8 aromatic rings. The van der Waals surface area contributed by atoms with E-state index in [0.717, 1.165) is 6.42 Å². The van der Waals surface area contributed by atoms with Gasteiger partial charge >= 0.3 is 0 Å². The lowest BCUT2D eigenvalue weighted by atomic mass is 9.92. The number of hydrogen-bond acceptors (Lipinski definition) is 0. The third-order valence-electron chi connectivity index (χ3n) is 10.3. The molecule has 0 aliphatic heterocycles. The summed E-state index contributed by atoms with van der Waals surface area (Å²) in [6.45, 7) is 10.8. The van der Waals surface area contributed by atoms with Crippen molar-refractivity contribution in [1.29, 1.82) is 0 Å². The number of benzene rings is 8. The van der Waals surface area contributed by atoms with Gasteiger partial charge in [-0.25, -0.2) is 0 Å². The summed E-state index contributed by atoms with van der Waals surface area (Å²) in [7, 11) is -0.826. The van der Waals surface area contributed by atoms with Gasteiger partial charge in [0.05, 0.1) is 0 Å². The van der Waals surface area contributed by atoms with Crippen LogP contribution in [-0.4, -0.2) is 5.66 Å². The molecule has 0 spiro atoms. The minimum Gasteiger partial charge on any atom is -0.103 e. The lowest BCUT2D eigenvalue weighted by Gasteiger charge is -2.29. The first-order valence-electron chi connectivity index (χ1n) is 17.6. The topological polar surface area (TPSA) is 0 Å². The monoisotopic (exact) mass is 660 g/mol. The Morgan fingerprint density at radius 3 is 1.18 bits per heavy atom. The standard InChI is InChI=1S/C49H41P/c1-5-15-35(16-6-2)50(48-31-29-44(40-21-11-13-23-46(40)48)42-27-25-33(3)36-17-7-9-19-38(36)42)49-32-30-45(41-22-12-14-24-47(41)49)43-28-26-34(4)37-18-8-10-20-39(37)43/h5-14,16-32,35H,1,15H2,2-4H3/b16-6-. The predicted molar refractivity (Wildman–Crippen MR) is 223 cm³/mol. The number of hydrogen-bond donors (Lipinski definition) is 0. The van der Waals surface area contributed by atoms with Crippen molar-refractivity contribution in [3.05, 3.63) is 182 Å². The van der Waals surface area contributed by atoms with Crippen LogP contribution < -0.4 is 10.6 Å². The zero-order valence-electron chi connectivity index (χ0n) is 29.0. The van der Waals surface area contributed by atoms with Gasteiger partial charge in [0, 0.05) is 5.66 Å². The van der Waals surface area contributed by atoms with Gasteiger partial charge in [-0.3, -0.25) is 0 Å². The number of rotatable bonds is 8. The van der Waals surface area contributed by atoms with E-state index in [1.165, 1.54) is 87.1 Å². The van der Waals surface area contributed by atoms with Crippen LogP contribution in [0, 0.1) is 13.8 Å². The molecule has 1 unspecified atom stereocenters. The van der Waals surface area contributed by atoms with Crippen LogP contribution in [0.15, 0.2) is 170 Å². The van der Waals surface area contributed by atoms with Gasteiger partial charge in [0.2, 0.25) is 0 Å². The largest absolute Gasteiger partial charge is 0.103 e. The first-order valence-corrected chi connectivity index (χ1v) is 19.0. The maximum atomic E-state index is 4.23. The molecule has 0 aromatic heterocycles. The second-order valence-corrected chi connectivity index (χ2v) is 15.7. The molecule has 242 valence electrons. The Balaban J connectivity index is 1.39. The third-order valence-corrected chi connectivity index (χ3v) is 13.2. The van der Waals surface area contributed by atoms with Crippen LogP contribution in [0.2, 0.25) is 0 Å². The zero-order valence-corrected chi connectivity index (χ0v) is 29.9. The van der Waals surface area contributed by atoms with Crippen molar-refractivity contribution in [2.75, 3.05) is 0 Å². The van der Waals surface area contributed by atoms with E-state index in [2.05, 4.69) is 191 Å². The van der Waals surface area contributed by atoms with E-state index in [4.69, 9.17) is 0 Å². The molecule has 0 N–H and O–H groups in total. The second kappa shape index (κ2) is 13.5. The molecule has 0 saturated heterocycles. The Hall–Kier alpha value is -5.29. The minimum atomic E-state index is -0.826. The Labute approximate surface area is 297 Å². The van der Waals surface area contributed by atoms with Crippen LogP contribution >= 0.6 is 7.92 Å². The van der Waals surface area contributed by atoms with Crippen molar-refractivity contribution >= 4 is 61.6 Å². The number of aryl methyl sites for hydroxylation is 2. The van der Waals surface area contributed by atoms with E-state index in [-0.39, 0.29) is 0 Å². The molecule has 0 amide bonds. The van der Waals surface area contributed by atoms with Gasteiger partial charge in [0.25, 0.3) is 0 Å². The molecule has 0 fully saturated rings. The molecular formula is C49H41P. The lowest BCUT2D eigenvalue weighted by molar-refractivity contribution is 1.06. The van der Waals surface area contributed by atoms with E-state index < -0.39 is 7.92 Å². The van der Waals surface area contributed by atoms with Gasteiger partial charge in [-0.1, -0.05) is 164 Å². The van der Waals surface area contributed by atoms with Crippen molar-refractivity contribution in [2.24, 2.45) is 0 Å². The molecule has 8 rings (SSSR count). The minimum absolute atomic E-state index is 0.302. The van der Waals surface area contributed by atoms with Crippen molar-refractivity contribution in [3.8, 4) is 22.3 Å². The van der Waals surface area contributed by atoms with E-state index in [9.17, 15) is 0 Å². The highest BCUT2D eigenvalue weighted by Gasteiger charge is 2.27. The van der Waals surface area contributed by atoms with Crippen LogP contribution in [0.4, 0.5) is 0 Å². The first-order chi connectivity index (χ1) is 24.6. The van der Waals surface area contributed by atoms with Crippen molar-refractivity contribution < 1.29 is 0 Å². The second-order valence-electron chi connectivity index (χ2n) is 13.3. The van der Waals surface area contributed by atoms with E-state index in [1.807, 2.05) is 0 Å². The average Bonchev–Trinajstić information content (AvgIpc) is 3.16. The molecular weight excluding hydrogens is 620 g/mol. The fraction of sp³-hybridized carbons (Fsp3) is 0.102. The van der Waals surface area contributed by atoms with Crippen molar-refractivity contribution in [3.63, 3.8) is 0 Å². The summed E-state index contributed by atoms with van der Waals surface area (Å²) in [5.41, 5.74) is 8.06. The highest BCUT2D eigenvalue weighted by molar-refractivity contribution is 7.74. The highest BCUT2D eigenvalue weighted by atomic mass is 31.1. The molecule has 0 nitrogen and oxygen atoms in total. The summed E-state index contributed by atoms with van der Waals surface area (Å²) in [6.07, 6.45) is 7.66. The van der Waals surface area contributed by atoms with Crippen LogP contribution in [0.3, 0.4) is 0 Å². The van der Waals surface area contributed by atoms with Crippen LogP contribution in [0.25, 0.3) is 65.3 Å². The van der Waals surface area contributed by atoms with Crippen LogP contribution in [0.5, 0.6) is 0 Å². The predicted octanol–water partition coefficient (Wildman–Crippen LogP) is 13.2. The fourth-order valence-corrected chi connectivity index (χ4v) is 11.0.